The van der Waals surface area contributed by atoms with Gasteiger partial charge in [0.15, 0.2) is 11.5 Å². The number of ether oxygens (including phenoxy) is 2. The Kier molecular flexibility index (Phi) is 6.38. The van der Waals surface area contributed by atoms with Gasteiger partial charge in [0.1, 0.15) is 0 Å². The van der Waals surface area contributed by atoms with Crippen LogP contribution in [0.1, 0.15) is 16.7 Å². The number of carbonyl (C=O) groups is 1. The fourth-order valence-corrected chi connectivity index (χ4v) is 2.55. The molecule has 0 radical (unpaired) electrons. The molecule has 0 heterocycles. The summed E-state index contributed by atoms with van der Waals surface area (Å²) in [7, 11) is 2.97. The van der Waals surface area contributed by atoms with E-state index in [4.69, 9.17) is 21.1 Å². The Morgan fingerprint density at radius 2 is 1.74 bits per heavy atom. The van der Waals surface area contributed by atoms with Gasteiger partial charge in [-0.1, -0.05) is 17.7 Å². The van der Waals surface area contributed by atoms with Crippen molar-refractivity contribution in [2.45, 2.75) is 13.1 Å². The van der Waals surface area contributed by atoms with Crippen LogP contribution in [0.15, 0.2) is 36.4 Å². The van der Waals surface area contributed by atoms with Crippen LogP contribution in [0.25, 0.3) is 6.08 Å². The minimum atomic E-state index is -4.57. The number of alkyl halides is 3. The average molecular weight is 400 g/mol. The monoisotopic (exact) mass is 399 g/mol. The van der Waals surface area contributed by atoms with Gasteiger partial charge in [0, 0.05) is 17.8 Å². The second kappa shape index (κ2) is 8.35. The lowest BCUT2D eigenvalue weighted by atomic mass is 10.1. The lowest BCUT2D eigenvalue weighted by Gasteiger charge is -2.13. The molecule has 0 spiro atoms. The quantitative estimate of drug-likeness (QED) is 0.691. The Bertz CT molecular complexity index is 879. The molecule has 2 aromatic carbocycles. The van der Waals surface area contributed by atoms with Crippen LogP contribution in [0.2, 0.25) is 5.02 Å². The summed E-state index contributed by atoms with van der Waals surface area (Å²) in [6.45, 7) is 1.77. The van der Waals surface area contributed by atoms with Gasteiger partial charge in [-0.3, -0.25) is 4.79 Å². The summed E-state index contributed by atoms with van der Waals surface area (Å²) >= 11 is 5.58. The summed E-state index contributed by atoms with van der Waals surface area (Å²) in [5, 5.41) is 2.26. The summed E-state index contributed by atoms with van der Waals surface area (Å²) in [6, 6.07) is 6.72. The molecule has 0 aromatic heterocycles. The van der Waals surface area contributed by atoms with E-state index < -0.39 is 22.7 Å². The molecule has 0 aliphatic heterocycles. The lowest BCUT2D eigenvalue weighted by Crippen LogP contribution is -2.09. The topological polar surface area (TPSA) is 47.6 Å². The summed E-state index contributed by atoms with van der Waals surface area (Å²) < 4.78 is 49.0. The molecule has 1 N–H and O–H groups in total. The van der Waals surface area contributed by atoms with E-state index in [9.17, 15) is 18.0 Å². The van der Waals surface area contributed by atoms with E-state index in [0.29, 0.717) is 17.2 Å². The molecule has 2 aromatic rings. The van der Waals surface area contributed by atoms with Gasteiger partial charge in [0.05, 0.1) is 24.8 Å². The fraction of sp³-hybridized carbons (Fsp3) is 0.211. The Hall–Kier alpha value is -2.67. The molecule has 144 valence electrons. The molecule has 0 aliphatic rings. The molecule has 8 heteroatoms. The molecule has 2 rings (SSSR count). The van der Waals surface area contributed by atoms with Crippen LogP contribution >= 0.6 is 11.6 Å². The van der Waals surface area contributed by atoms with Crippen LogP contribution in [0.4, 0.5) is 18.9 Å². The Morgan fingerprint density at radius 3 is 2.33 bits per heavy atom. The van der Waals surface area contributed by atoms with Crippen molar-refractivity contribution < 1.29 is 27.4 Å². The van der Waals surface area contributed by atoms with Crippen LogP contribution < -0.4 is 14.8 Å². The van der Waals surface area contributed by atoms with Gasteiger partial charge in [0.25, 0.3) is 0 Å². The van der Waals surface area contributed by atoms with Crippen LogP contribution in [0, 0.1) is 6.92 Å². The average Bonchev–Trinajstić information content (AvgIpc) is 2.61. The van der Waals surface area contributed by atoms with Crippen molar-refractivity contribution in [3.05, 3.63) is 58.1 Å². The third-order valence-electron chi connectivity index (χ3n) is 3.71. The highest BCUT2D eigenvalue weighted by Crippen LogP contribution is 2.35. The Morgan fingerprint density at radius 1 is 1.11 bits per heavy atom. The second-order valence-corrected chi connectivity index (χ2v) is 5.99. The number of aryl methyl sites for hydroxylation is 1. The van der Waals surface area contributed by atoms with Gasteiger partial charge < -0.3 is 14.8 Å². The number of rotatable bonds is 5. The highest BCUT2D eigenvalue weighted by molar-refractivity contribution is 6.31. The van der Waals surface area contributed by atoms with Crippen molar-refractivity contribution in [1.82, 2.24) is 0 Å². The second-order valence-electron chi connectivity index (χ2n) is 5.58. The standard InChI is InChI=1S/C19H17ClF3NO3/c1-11-8-16(26-2)17(27-3)10-15(11)24-18(25)7-5-12-4-6-14(20)13(9-12)19(21,22)23/h4-10H,1-3H3,(H,24,25)/b7-5+. The number of benzene rings is 2. The molecule has 0 saturated heterocycles. The van der Waals surface area contributed by atoms with E-state index in [1.165, 1.54) is 26.4 Å². The van der Waals surface area contributed by atoms with Crippen LogP contribution in [-0.2, 0) is 11.0 Å². The van der Waals surface area contributed by atoms with Crippen LogP contribution in [0.3, 0.4) is 0 Å². The van der Waals surface area contributed by atoms with Crippen molar-refractivity contribution in [2.24, 2.45) is 0 Å². The van der Waals surface area contributed by atoms with Gasteiger partial charge in [0.2, 0.25) is 5.91 Å². The minimum absolute atomic E-state index is 0.200. The smallest absolute Gasteiger partial charge is 0.417 e. The third kappa shape index (κ3) is 5.17. The summed E-state index contributed by atoms with van der Waals surface area (Å²) in [4.78, 5) is 12.1. The summed E-state index contributed by atoms with van der Waals surface area (Å²) in [5.74, 6) is 0.452. The predicted octanol–water partition coefficient (Wildman–Crippen LogP) is 5.34. The van der Waals surface area contributed by atoms with E-state index >= 15 is 0 Å². The number of halogens is 4. The summed E-state index contributed by atoms with van der Waals surface area (Å²) in [5.41, 5.74) is 0.475. The molecule has 1 amide bonds. The first-order valence-electron chi connectivity index (χ1n) is 7.74. The van der Waals surface area contributed by atoms with Crippen molar-refractivity contribution in [1.29, 1.82) is 0 Å². The minimum Gasteiger partial charge on any atom is -0.493 e. The van der Waals surface area contributed by atoms with E-state index in [1.807, 2.05) is 0 Å². The Balaban J connectivity index is 2.19. The SMILES string of the molecule is COc1cc(C)c(NC(=O)/C=C/c2ccc(Cl)c(C(F)(F)F)c2)cc1OC. The van der Waals surface area contributed by atoms with E-state index in [0.717, 1.165) is 23.8 Å². The number of hydrogen-bond acceptors (Lipinski definition) is 3. The maximum absolute atomic E-state index is 12.9. The van der Waals surface area contributed by atoms with Gasteiger partial charge in [-0.2, -0.15) is 13.2 Å². The predicted molar refractivity (Wildman–Crippen MR) is 98.4 cm³/mol. The van der Waals surface area contributed by atoms with Crippen LogP contribution in [-0.4, -0.2) is 20.1 Å². The molecule has 0 bridgehead atoms. The zero-order valence-corrected chi connectivity index (χ0v) is 15.5. The maximum Gasteiger partial charge on any atom is 0.417 e. The van der Waals surface area contributed by atoms with Crippen molar-refractivity contribution in [3.63, 3.8) is 0 Å². The van der Waals surface area contributed by atoms with Gasteiger partial charge in [-0.25, -0.2) is 0 Å². The largest absolute Gasteiger partial charge is 0.493 e. The van der Waals surface area contributed by atoms with Crippen molar-refractivity contribution >= 4 is 29.3 Å². The molecule has 27 heavy (non-hydrogen) atoms. The number of hydrogen-bond donors (Lipinski definition) is 1. The van der Waals surface area contributed by atoms with Gasteiger partial charge >= 0.3 is 6.18 Å². The zero-order chi connectivity index (χ0) is 20.2. The molecule has 0 atom stereocenters. The van der Waals surface area contributed by atoms with E-state index in [2.05, 4.69) is 5.32 Å². The number of amides is 1. The first kappa shape index (κ1) is 20.6. The van der Waals surface area contributed by atoms with Crippen molar-refractivity contribution in [2.75, 3.05) is 19.5 Å². The Labute approximate surface area is 159 Å². The highest BCUT2D eigenvalue weighted by atomic mass is 35.5. The first-order chi connectivity index (χ1) is 12.7. The van der Waals surface area contributed by atoms with E-state index in [1.54, 1.807) is 19.1 Å². The molecule has 4 nitrogen and oxygen atoms in total. The number of anilines is 1. The van der Waals surface area contributed by atoms with Crippen molar-refractivity contribution in [3.8, 4) is 11.5 Å². The maximum atomic E-state index is 12.9. The molecule has 0 fully saturated rings. The normalized spacial score (nSPS) is 11.5. The van der Waals surface area contributed by atoms with Gasteiger partial charge in [-0.15, -0.1) is 0 Å². The van der Waals surface area contributed by atoms with Gasteiger partial charge in [-0.05, 0) is 42.3 Å². The molecule has 0 aliphatic carbocycles. The number of carbonyl (C=O) groups excluding carboxylic acids is 1. The first-order valence-corrected chi connectivity index (χ1v) is 8.12. The lowest BCUT2D eigenvalue weighted by molar-refractivity contribution is -0.137. The third-order valence-corrected chi connectivity index (χ3v) is 4.04. The molecular weight excluding hydrogens is 383 g/mol. The number of methoxy groups -OCH3 is 2. The fourth-order valence-electron chi connectivity index (χ4n) is 2.33. The highest BCUT2D eigenvalue weighted by Gasteiger charge is 2.33. The zero-order valence-electron chi connectivity index (χ0n) is 14.8. The number of nitrogens with one attached hydrogen (secondary N) is 1. The van der Waals surface area contributed by atoms with E-state index in [-0.39, 0.29) is 5.56 Å². The molecular formula is C19H17ClF3NO3. The molecule has 0 saturated carbocycles. The van der Waals surface area contributed by atoms with Crippen LogP contribution in [0.5, 0.6) is 11.5 Å². The molecule has 0 unspecified atom stereocenters. The summed E-state index contributed by atoms with van der Waals surface area (Å²) in [6.07, 6.45) is -2.16.